The molecule has 182 valence electrons. The molecule has 1 saturated heterocycles. The summed E-state index contributed by atoms with van der Waals surface area (Å²) >= 11 is 1.53. The molecule has 2 aromatic heterocycles. The van der Waals surface area contributed by atoms with E-state index in [-0.39, 0.29) is 5.91 Å². The zero-order chi connectivity index (χ0) is 24.9. The van der Waals surface area contributed by atoms with Crippen molar-refractivity contribution in [2.24, 2.45) is 0 Å². The minimum Gasteiger partial charge on any atom is -0.475 e. The summed E-state index contributed by atoms with van der Waals surface area (Å²) in [6, 6.07) is 9.65. The van der Waals surface area contributed by atoms with Crippen molar-refractivity contribution in [1.29, 1.82) is 0 Å². The lowest BCUT2D eigenvalue weighted by Crippen LogP contribution is -2.30. The van der Waals surface area contributed by atoms with Gasteiger partial charge in [0.2, 0.25) is 0 Å². The lowest BCUT2D eigenvalue weighted by molar-refractivity contribution is -0.192. The van der Waals surface area contributed by atoms with Crippen molar-refractivity contribution in [3.8, 4) is 11.3 Å². The number of aromatic amines is 1. The summed E-state index contributed by atoms with van der Waals surface area (Å²) in [7, 11) is 2.15. The number of aromatic nitrogens is 3. The molecule has 3 aromatic rings. The second-order valence-electron chi connectivity index (χ2n) is 7.87. The predicted molar refractivity (Wildman–Crippen MR) is 122 cm³/mol. The molecule has 8 nitrogen and oxygen atoms in total. The van der Waals surface area contributed by atoms with E-state index in [0.717, 1.165) is 47.2 Å². The molecule has 1 aliphatic rings. The number of carbonyl (C=O) groups is 2. The highest BCUT2D eigenvalue weighted by Gasteiger charge is 2.38. The van der Waals surface area contributed by atoms with E-state index in [1.54, 1.807) is 6.20 Å². The number of rotatable bonds is 4. The quantitative estimate of drug-likeness (QED) is 0.490. The monoisotopic (exact) mass is 495 g/mol. The number of H-pyrrole nitrogens is 1. The van der Waals surface area contributed by atoms with Crippen LogP contribution in [0.4, 0.5) is 18.9 Å². The van der Waals surface area contributed by atoms with Gasteiger partial charge in [0, 0.05) is 24.3 Å². The van der Waals surface area contributed by atoms with E-state index in [4.69, 9.17) is 14.9 Å². The van der Waals surface area contributed by atoms with Gasteiger partial charge in [-0.05, 0) is 57.1 Å². The van der Waals surface area contributed by atoms with Crippen molar-refractivity contribution in [1.82, 2.24) is 20.1 Å². The second kappa shape index (κ2) is 10.8. The molecule has 1 atom stereocenters. The normalized spacial score (nSPS) is 16.4. The Morgan fingerprint density at radius 3 is 2.47 bits per heavy atom. The number of anilines is 1. The van der Waals surface area contributed by atoms with E-state index in [1.807, 2.05) is 37.3 Å². The minimum absolute atomic E-state index is 0.0882. The number of likely N-dealkylation sites (tertiary alicyclic amines) is 1. The molecule has 3 N–H and O–H groups in total. The average molecular weight is 496 g/mol. The van der Waals surface area contributed by atoms with Crippen LogP contribution >= 0.6 is 11.3 Å². The molecule has 4 rings (SSSR count). The summed E-state index contributed by atoms with van der Waals surface area (Å²) in [5, 5.41) is 18.1. The molecular weight excluding hydrogens is 471 g/mol. The Balaban J connectivity index is 0.000000406. The fourth-order valence-corrected chi connectivity index (χ4v) is 4.60. The van der Waals surface area contributed by atoms with E-state index in [2.05, 4.69) is 27.5 Å². The van der Waals surface area contributed by atoms with Gasteiger partial charge in [0.15, 0.2) is 0 Å². The van der Waals surface area contributed by atoms with E-state index < -0.39 is 12.1 Å². The summed E-state index contributed by atoms with van der Waals surface area (Å²) in [4.78, 5) is 29.4. The highest BCUT2D eigenvalue weighted by molar-refractivity contribution is 7.14. The number of thiazole rings is 1. The molecule has 1 aliphatic heterocycles. The Morgan fingerprint density at radius 2 is 1.91 bits per heavy atom. The number of likely N-dealkylation sites (N-methyl/N-ethyl adjacent to an activating group) is 1. The van der Waals surface area contributed by atoms with Gasteiger partial charge in [-0.2, -0.15) is 18.3 Å². The maximum Gasteiger partial charge on any atom is 0.490 e. The summed E-state index contributed by atoms with van der Waals surface area (Å²) in [5.74, 6) is -2.41. The van der Waals surface area contributed by atoms with E-state index >= 15 is 0 Å². The molecule has 1 unspecified atom stereocenters. The SMILES string of the molecule is Cc1nc(C2CCCN(C)C2)sc1C(=O)Nc1ccc(-c2ccn[nH]2)cc1.O=C(O)C(F)(F)F. The van der Waals surface area contributed by atoms with Crippen LogP contribution in [0.3, 0.4) is 0 Å². The number of carbonyl (C=O) groups excluding carboxylic acids is 1. The summed E-state index contributed by atoms with van der Waals surface area (Å²) in [5.41, 5.74) is 3.57. The van der Waals surface area contributed by atoms with Crippen LogP contribution in [-0.2, 0) is 4.79 Å². The second-order valence-corrected chi connectivity index (χ2v) is 8.90. The summed E-state index contributed by atoms with van der Waals surface area (Å²) < 4.78 is 31.7. The summed E-state index contributed by atoms with van der Waals surface area (Å²) in [6.45, 7) is 4.08. The van der Waals surface area contributed by atoms with Crippen molar-refractivity contribution in [2.75, 3.05) is 25.5 Å². The van der Waals surface area contributed by atoms with Gasteiger partial charge in [-0.15, -0.1) is 11.3 Å². The molecule has 0 saturated carbocycles. The van der Waals surface area contributed by atoms with E-state index in [1.165, 1.54) is 17.8 Å². The van der Waals surface area contributed by atoms with Crippen LogP contribution in [0.25, 0.3) is 11.3 Å². The molecule has 12 heteroatoms. The Hall–Kier alpha value is -3.25. The van der Waals surface area contributed by atoms with Gasteiger partial charge >= 0.3 is 12.1 Å². The van der Waals surface area contributed by atoms with Crippen LogP contribution in [0.5, 0.6) is 0 Å². The van der Waals surface area contributed by atoms with Gasteiger partial charge < -0.3 is 15.3 Å². The van der Waals surface area contributed by atoms with E-state index in [0.29, 0.717) is 10.8 Å². The first kappa shape index (κ1) is 25.4. The number of halogens is 3. The van der Waals surface area contributed by atoms with Gasteiger partial charge in [-0.25, -0.2) is 9.78 Å². The largest absolute Gasteiger partial charge is 0.490 e. The molecule has 0 aliphatic carbocycles. The Bertz CT molecular complexity index is 1110. The van der Waals surface area contributed by atoms with Crippen molar-refractivity contribution in [3.63, 3.8) is 0 Å². The first-order chi connectivity index (χ1) is 16.0. The van der Waals surface area contributed by atoms with Crippen LogP contribution in [-0.4, -0.2) is 63.4 Å². The Morgan fingerprint density at radius 1 is 1.24 bits per heavy atom. The number of benzene rings is 1. The van der Waals surface area contributed by atoms with Gasteiger partial charge in [0.25, 0.3) is 5.91 Å². The molecule has 3 heterocycles. The van der Waals surface area contributed by atoms with Crippen LogP contribution in [0, 0.1) is 6.92 Å². The van der Waals surface area contributed by atoms with E-state index in [9.17, 15) is 18.0 Å². The number of aryl methyl sites for hydroxylation is 1. The molecule has 0 bridgehead atoms. The fraction of sp³-hybridized carbons (Fsp3) is 0.364. The van der Waals surface area contributed by atoms with Crippen molar-refractivity contribution < 1.29 is 27.9 Å². The first-order valence-electron chi connectivity index (χ1n) is 10.4. The lowest BCUT2D eigenvalue weighted by Gasteiger charge is -2.28. The molecule has 0 radical (unpaired) electrons. The molecule has 1 fully saturated rings. The lowest BCUT2D eigenvalue weighted by atomic mass is 9.99. The van der Waals surface area contributed by atoms with Crippen molar-refractivity contribution in [3.05, 3.63) is 52.1 Å². The van der Waals surface area contributed by atoms with Crippen LogP contribution in [0.15, 0.2) is 36.5 Å². The Kier molecular flexibility index (Phi) is 8.05. The zero-order valence-corrected chi connectivity index (χ0v) is 19.3. The number of hydrogen-bond donors (Lipinski definition) is 3. The number of nitrogens with one attached hydrogen (secondary N) is 2. The van der Waals surface area contributed by atoms with Crippen LogP contribution in [0.1, 0.15) is 39.1 Å². The number of piperidine rings is 1. The minimum atomic E-state index is -5.08. The van der Waals surface area contributed by atoms with Crippen LogP contribution in [0.2, 0.25) is 0 Å². The van der Waals surface area contributed by atoms with Gasteiger partial charge in [-0.1, -0.05) is 12.1 Å². The summed E-state index contributed by atoms with van der Waals surface area (Å²) in [6.07, 6.45) is -1.03. The highest BCUT2D eigenvalue weighted by atomic mass is 32.1. The number of aliphatic carboxylic acids is 1. The number of carboxylic acid groups (broad SMARTS) is 1. The molecule has 34 heavy (non-hydrogen) atoms. The molecule has 1 amide bonds. The van der Waals surface area contributed by atoms with Crippen LogP contribution < -0.4 is 5.32 Å². The average Bonchev–Trinajstić information content (AvgIpc) is 3.44. The van der Waals surface area contributed by atoms with Crippen molar-refractivity contribution >= 4 is 28.9 Å². The third-order valence-corrected chi connectivity index (χ3v) is 6.51. The number of hydrogen-bond acceptors (Lipinski definition) is 6. The molecule has 1 aromatic carbocycles. The third kappa shape index (κ3) is 6.64. The van der Waals surface area contributed by atoms with Gasteiger partial charge in [-0.3, -0.25) is 9.89 Å². The standard InChI is InChI=1S/C20H23N5OS.C2HF3O2/c1-13-18(27-20(22-13)15-4-3-11-25(2)12-15)19(26)23-16-7-5-14(6-8-16)17-9-10-21-24-17;3-2(4,5)1(6)7/h5-10,15H,3-4,11-12H2,1-2H3,(H,21,24)(H,23,26);(H,6,7). The zero-order valence-electron chi connectivity index (χ0n) is 18.5. The first-order valence-corrected chi connectivity index (χ1v) is 11.2. The van der Waals surface area contributed by atoms with Gasteiger partial charge in [0.1, 0.15) is 4.88 Å². The maximum absolute atomic E-state index is 12.7. The fourth-order valence-electron chi connectivity index (χ4n) is 3.51. The third-order valence-electron chi connectivity index (χ3n) is 5.19. The molecular formula is C22H24F3N5O3S. The van der Waals surface area contributed by atoms with Gasteiger partial charge in [0.05, 0.1) is 16.4 Å². The maximum atomic E-state index is 12.7. The van der Waals surface area contributed by atoms with Crippen molar-refractivity contribution in [2.45, 2.75) is 31.9 Å². The number of amides is 1. The highest BCUT2D eigenvalue weighted by Crippen LogP contribution is 2.31. The Labute approximate surface area is 197 Å². The molecule has 0 spiro atoms. The predicted octanol–water partition coefficient (Wildman–Crippen LogP) is 4.54. The topological polar surface area (TPSA) is 111 Å². The smallest absolute Gasteiger partial charge is 0.475 e. The number of alkyl halides is 3. The number of nitrogens with zero attached hydrogens (tertiary/aromatic N) is 3. The number of carboxylic acids is 1.